The van der Waals surface area contributed by atoms with Crippen LogP contribution in [-0.4, -0.2) is 18.2 Å². The highest BCUT2D eigenvalue weighted by Crippen LogP contribution is 2.33. The zero-order chi connectivity index (χ0) is 10.9. The van der Waals surface area contributed by atoms with Gasteiger partial charge in [0.05, 0.1) is 17.1 Å². The highest BCUT2D eigenvalue weighted by Gasteiger charge is 2.16. The summed E-state index contributed by atoms with van der Waals surface area (Å²) in [6.07, 6.45) is 0. The summed E-state index contributed by atoms with van der Waals surface area (Å²) in [7, 11) is 1.52. The maximum absolute atomic E-state index is 11.0. The predicted octanol–water partition coefficient (Wildman–Crippen LogP) is 2.77. The molecule has 0 aromatic heterocycles. The Bertz CT molecular complexity index is 385. The second-order valence-corrected chi connectivity index (χ2v) is 3.87. The van der Waals surface area contributed by atoms with Crippen molar-refractivity contribution in [2.75, 3.05) is 7.11 Å². The molecule has 3 nitrogen and oxygen atoms in total. The van der Waals surface area contributed by atoms with Gasteiger partial charge >= 0.3 is 5.97 Å². The van der Waals surface area contributed by atoms with Gasteiger partial charge in [-0.25, -0.2) is 4.79 Å². The molecule has 14 heavy (non-hydrogen) atoms. The monoisotopic (exact) mass is 258 g/mol. The predicted molar refractivity (Wildman–Crippen MR) is 57.1 cm³/mol. The number of ether oxygens (including phenoxy) is 1. The molecule has 0 unspecified atom stereocenters. The van der Waals surface area contributed by atoms with Gasteiger partial charge in [-0.2, -0.15) is 0 Å². The molecule has 0 heterocycles. The van der Waals surface area contributed by atoms with E-state index in [2.05, 4.69) is 15.9 Å². The van der Waals surface area contributed by atoms with Crippen LogP contribution < -0.4 is 4.74 Å². The van der Waals surface area contributed by atoms with Crippen LogP contribution in [0.3, 0.4) is 0 Å². The lowest BCUT2D eigenvalue weighted by Crippen LogP contribution is -2.05. The fraction of sp³-hybridized carbons (Fsp3) is 0.300. The molecule has 4 heteroatoms. The number of rotatable bonds is 2. The zero-order valence-electron chi connectivity index (χ0n) is 8.22. The van der Waals surface area contributed by atoms with E-state index >= 15 is 0 Å². The lowest BCUT2D eigenvalue weighted by Gasteiger charge is -2.12. The Hall–Kier alpha value is -1.03. The van der Waals surface area contributed by atoms with Gasteiger partial charge in [0.25, 0.3) is 0 Å². The molecule has 0 fully saturated rings. The van der Waals surface area contributed by atoms with E-state index in [0.29, 0.717) is 16.9 Å². The molecule has 76 valence electrons. The average molecular weight is 259 g/mol. The maximum atomic E-state index is 11.0. The van der Waals surface area contributed by atoms with E-state index in [1.807, 2.05) is 0 Å². The molecular formula is C10H11BrO3. The first-order chi connectivity index (χ1) is 6.49. The van der Waals surface area contributed by atoms with Crippen molar-refractivity contribution in [3.63, 3.8) is 0 Å². The van der Waals surface area contributed by atoms with Crippen LogP contribution in [0.1, 0.15) is 21.5 Å². The Morgan fingerprint density at radius 2 is 2.07 bits per heavy atom. The molecule has 1 rings (SSSR count). The summed E-state index contributed by atoms with van der Waals surface area (Å²) < 4.78 is 5.89. The largest absolute Gasteiger partial charge is 0.495 e. The van der Waals surface area contributed by atoms with Crippen LogP contribution in [0, 0.1) is 13.8 Å². The van der Waals surface area contributed by atoms with E-state index in [1.165, 1.54) is 7.11 Å². The number of aryl methyl sites for hydroxylation is 1. The minimum absolute atomic E-state index is 0.310. The number of benzene rings is 1. The van der Waals surface area contributed by atoms with Crippen molar-refractivity contribution in [1.82, 2.24) is 0 Å². The van der Waals surface area contributed by atoms with Crippen molar-refractivity contribution in [2.45, 2.75) is 13.8 Å². The Morgan fingerprint density at radius 3 is 2.50 bits per heavy atom. The number of carboxylic acid groups (broad SMARTS) is 1. The number of hydrogen-bond donors (Lipinski definition) is 1. The normalized spacial score (nSPS) is 10.0. The van der Waals surface area contributed by atoms with Gasteiger partial charge < -0.3 is 9.84 Å². The number of aromatic carboxylic acids is 1. The van der Waals surface area contributed by atoms with Gasteiger partial charge in [-0.05, 0) is 41.4 Å². The number of methoxy groups -OCH3 is 1. The summed E-state index contributed by atoms with van der Waals surface area (Å²) in [6, 6.07) is 1.75. The van der Waals surface area contributed by atoms with E-state index < -0.39 is 5.97 Å². The number of hydrogen-bond acceptors (Lipinski definition) is 2. The van der Waals surface area contributed by atoms with Gasteiger partial charge in [-0.15, -0.1) is 0 Å². The first-order valence-electron chi connectivity index (χ1n) is 4.06. The van der Waals surface area contributed by atoms with Crippen LogP contribution >= 0.6 is 15.9 Å². The summed E-state index contributed by atoms with van der Waals surface area (Å²) in [5.41, 5.74) is 1.68. The standard InChI is InChI=1S/C10H11BrO3/c1-5-4-7(11)9(14-3)6(2)8(5)10(12)13/h4H,1-3H3,(H,12,13). The maximum Gasteiger partial charge on any atom is 0.336 e. The molecule has 1 N–H and O–H groups in total. The molecule has 0 aliphatic heterocycles. The minimum atomic E-state index is -0.925. The van der Waals surface area contributed by atoms with Gasteiger partial charge in [-0.3, -0.25) is 0 Å². The zero-order valence-corrected chi connectivity index (χ0v) is 9.81. The van der Waals surface area contributed by atoms with Crippen LogP contribution in [0.5, 0.6) is 5.75 Å². The summed E-state index contributed by atoms with van der Waals surface area (Å²) in [5, 5.41) is 8.99. The topological polar surface area (TPSA) is 46.5 Å². The first kappa shape index (κ1) is 11.0. The average Bonchev–Trinajstić information content (AvgIpc) is 2.02. The smallest absolute Gasteiger partial charge is 0.336 e. The third-order valence-corrected chi connectivity index (χ3v) is 2.68. The molecule has 0 saturated carbocycles. The molecule has 0 radical (unpaired) electrons. The van der Waals surface area contributed by atoms with Crippen molar-refractivity contribution in [2.24, 2.45) is 0 Å². The minimum Gasteiger partial charge on any atom is -0.495 e. The summed E-state index contributed by atoms with van der Waals surface area (Å²) in [5.74, 6) is -0.348. The highest BCUT2D eigenvalue weighted by atomic mass is 79.9. The van der Waals surface area contributed by atoms with Crippen molar-refractivity contribution in [1.29, 1.82) is 0 Å². The van der Waals surface area contributed by atoms with Gasteiger partial charge in [0, 0.05) is 5.56 Å². The third kappa shape index (κ3) is 1.75. The molecule has 0 atom stereocenters. The molecular weight excluding hydrogens is 248 g/mol. The van der Waals surface area contributed by atoms with Crippen molar-refractivity contribution >= 4 is 21.9 Å². The van der Waals surface area contributed by atoms with Crippen molar-refractivity contribution in [3.8, 4) is 5.75 Å². The van der Waals surface area contributed by atoms with Gasteiger partial charge in [0.15, 0.2) is 0 Å². The molecule has 0 saturated heterocycles. The van der Waals surface area contributed by atoms with E-state index in [0.717, 1.165) is 10.0 Å². The number of carboxylic acids is 1. The second-order valence-electron chi connectivity index (χ2n) is 3.01. The second kappa shape index (κ2) is 4.00. The summed E-state index contributed by atoms with van der Waals surface area (Å²) >= 11 is 3.32. The number of carbonyl (C=O) groups is 1. The molecule has 0 spiro atoms. The van der Waals surface area contributed by atoms with Crippen molar-refractivity contribution < 1.29 is 14.6 Å². The van der Waals surface area contributed by atoms with E-state index in [-0.39, 0.29) is 0 Å². The summed E-state index contributed by atoms with van der Waals surface area (Å²) in [4.78, 5) is 11.0. The molecule has 1 aromatic rings. The van der Waals surface area contributed by atoms with Crippen LogP contribution in [0.4, 0.5) is 0 Å². The van der Waals surface area contributed by atoms with Gasteiger partial charge in [0.2, 0.25) is 0 Å². The Morgan fingerprint density at radius 1 is 1.50 bits per heavy atom. The Kier molecular flexibility index (Phi) is 3.16. The van der Waals surface area contributed by atoms with E-state index in [4.69, 9.17) is 9.84 Å². The third-order valence-electron chi connectivity index (χ3n) is 2.09. The van der Waals surface area contributed by atoms with Crippen molar-refractivity contribution in [3.05, 3.63) is 27.2 Å². The highest BCUT2D eigenvalue weighted by molar-refractivity contribution is 9.10. The van der Waals surface area contributed by atoms with Crippen LogP contribution in [0.15, 0.2) is 10.5 Å². The van der Waals surface area contributed by atoms with Crippen LogP contribution in [0.25, 0.3) is 0 Å². The first-order valence-corrected chi connectivity index (χ1v) is 4.85. The van der Waals surface area contributed by atoms with E-state index in [9.17, 15) is 4.79 Å². The lowest BCUT2D eigenvalue weighted by molar-refractivity contribution is 0.0695. The summed E-state index contributed by atoms with van der Waals surface area (Å²) in [6.45, 7) is 3.50. The van der Waals surface area contributed by atoms with Crippen LogP contribution in [-0.2, 0) is 0 Å². The molecule has 0 aliphatic carbocycles. The Balaban J connectivity index is 3.52. The number of halogens is 1. The Labute approximate surface area is 90.8 Å². The van der Waals surface area contributed by atoms with Crippen LogP contribution in [0.2, 0.25) is 0 Å². The molecule has 0 bridgehead atoms. The molecule has 0 aliphatic rings. The van der Waals surface area contributed by atoms with Gasteiger partial charge in [0.1, 0.15) is 5.75 Å². The van der Waals surface area contributed by atoms with Gasteiger partial charge in [-0.1, -0.05) is 0 Å². The fourth-order valence-electron chi connectivity index (χ4n) is 1.50. The molecule has 0 amide bonds. The fourth-order valence-corrected chi connectivity index (χ4v) is 2.30. The SMILES string of the molecule is COc1c(Br)cc(C)c(C(=O)O)c1C. The lowest BCUT2D eigenvalue weighted by atomic mass is 10.0. The molecule has 1 aromatic carbocycles. The van der Waals surface area contributed by atoms with E-state index in [1.54, 1.807) is 19.9 Å². The quantitative estimate of drug-likeness (QED) is 0.888.